The molecule has 7 nitrogen and oxygen atoms in total. The van der Waals surface area contributed by atoms with Gasteiger partial charge in [0, 0.05) is 35.6 Å². The maximum atomic E-state index is 10.6. The van der Waals surface area contributed by atoms with Crippen LogP contribution in [-0.4, -0.2) is 9.85 Å². The van der Waals surface area contributed by atoms with Gasteiger partial charge in [-0.1, -0.05) is 6.07 Å². The fourth-order valence-electron chi connectivity index (χ4n) is 1.53. The Morgan fingerprint density at radius 2 is 1.42 bits per heavy atom. The van der Waals surface area contributed by atoms with Crippen molar-refractivity contribution in [1.82, 2.24) is 0 Å². The predicted molar refractivity (Wildman–Crippen MR) is 69.5 cm³/mol. The van der Waals surface area contributed by atoms with E-state index in [9.17, 15) is 20.2 Å². The lowest BCUT2D eigenvalue weighted by molar-refractivity contribution is -0.385. The van der Waals surface area contributed by atoms with Gasteiger partial charge in [0.2, 0.25) is 0 Å². The van der Waals surface area contributed by atoms with Crippen molar-refractivity contribution in [2.24, 2.45) is 0 Å². The molecule has 0 bridgehead atoms. The van der Waals surface area contributed by atoms with Crippen molar-refractivity contribution < 1.29 is 9.85 Å². The quantitative estimate of drug-likeness (QED) is 0.671. The first-order chi connectivity index (χ1) is 9.06. The molecule has 2 rings (SSSR count). The zero-order valence-corrected chi connectivity index (χ0v) is 9.65. The Hall–Kier alpha value is -2.96. The van der Waals surface area contributed by atoms with Crippen LogP contribution in [0.5, 0.6) is 0 Å². The molecule has 0 aliphatic heterocycles. The lowest BCUT2D eigenvalue weighted by Gasteiger charge is -2.05. The van der Waals surface area contributed by atoms with Gasteiger partial charge in [-0.15, -0.1) is 0 Å². The van der Waals surface area contributed by atoms with E-state index >= 15 is 0 Å². The van der Waals surface area contributed by atoms with Crippen molar-refractivity contribution >= 4 is 22.7 Å². The first-order valence-electron chi connectivity index (χ1n) is 5.32. The average Bonchev–Trinajstić information content (AvgIpc) is 2.39. The van der Waals surface area contributed by atoms with E-state index < -0.39 is 9.85 Å². The normalized spacial score (nSPS) is 9.89. The largest absolute Gasteiger partial charge is 0.355 e. The van der Waals surface area contributed by atoms with Crippen LogP contribution in [-0.2, 0) is 0 Å². The Bertz CT molecular complexity index is 625. The summed E-state index contributed by atoms with van der Waals surface area (Å²) < 4.78 is 0. The Kier molecular flexibility index (Phi) is 3.37. The minimum absolute atomic E-state index is 0.00964. The maximum Gasteiger partial charge on any atom is 0.271 e. The smallest absolute Gasteiger partial charge is 0.271 e. The summed E-state index contributed by atoms with van der Waals surface area (Å²) in [5.41, 5.74) is 1.13. The van der Waals surface area contributed by atoms with Crippen LogP contribution < -0.4 is 5.32 Å². The molecule has 7 heteroatoms. The van der Waals surface area contributed by atoms with Crippen LogP contribution in [0.2, 0.25) is 0 Å². The van der Waals surface area contributed by atoms with Gasteiger partial charge in [0.25, 0.3) is 11.4 Å². The van der Waals surface area contributed by atoms with Gasteiger partial charge >= 0.3 is 0 Å². The number of rotatable bonds is 4. The molecular weight excluding hydrogens is 250 g/mol. The second kappa shape index (κ2) is 5.13. The van der Waals surface area contributed by atoms with E-state index in [0.29, 0.717) is 11.4 Å². The number of nitro groups is 2. The van der Waals surface area contributed by atoms with E-state index in [2.05, 4.69) is 5.32 Å². The predicted octanol–water partition coefficient (Wildman–Crippen LogP) is 3.25. The van der Waals surface area contributed by atoms with E-state index in [1.165, 1.54) is 36.4 Å². The van der Waals surface area contributed by atoms with Gasteiger partial charge in [-0.05, 0) is 18.2 Å². The number of nitrogens with one attached hydrogen (secondary N) is 1. The summed E-state index contributed by atoms with van der Waals surface area (Å²) in [6.45, 7) is 0. The molecule has 0 saturated carbocycles. The van der Waals surface area contributed by atoms with Gasteiger partial charge in [-0.3, -0.25) is 20.2 Å². The minimum atomic E-state index is -0.489. The lowest BCUT2D eigenvalue weighted by Crippen LogP contribution is -1.93. The Morgan fingerprint density at radius 1 is 0.789 bits per heavy atom. The van der Waals surface area contributed by atoms with Crippen molar-refractivity contribution in [2.75, 3.05) is 5.32 Å². The summed E-state index contributed by atoms with van der Waals surface area (Å²) in [6, 6.07) is 11.8. The van der Waals surface area contributed by atoms with Gasteiger partial charge in [-0.25, -0.2) is 0 Å². The molecule has 0 heterocycles. The van der Waals surface area contributed by atoms with E-state index in [0.717, 1.165) is 0 Å². The van der Waals surface area contributed by atoms with Crippen molar-refractivity contribution in [3.05, 3.63) is 68.8 Å². The summed E-state index contributed by atoms with van der Waals surface area (Å²) in [5.74, 6) is 0. The summed E-state index contributed by atoms with van der Waals surface area (Å²) in [6.07, 6.45) is 0. The number of nitro benzene ring substituents is 2. The topological polar surface area (TPSA) is 98.3 Å². The van der Waals surface area contributed by atoms with E-state index in [1.807, 2.05) is 0 Å². The SMILES string of the molecule is O=[N+]([O-])c1ccc(Nc2cccc([N+](=O)[O-])c2)cc1. The zero-order chi connectivity index (χ0) is 13.8. The Morgan fingerprint density at radius 3 is 2.00 bits per heavy atom. The summed E-state index contributed by atoms with van der Waals surface area (Å²) >= 11 is 0. The van der Waals surface area contributed by atoms with Crippen LogP contribution in [0.1, 0.15) is 0 Å². The molecule has 2 aromatic carbocycles. The molecule has 0 spiro atoms. The molecule has 0 atom stereocenters. The van der Waals surface area contributed by atoms with Crippen LogP contribution >= 0.6 is 0 Å². The van der Waals surface area contributed by atoms with E-state index in [1.54, 1.807) is 12.1 Å². The molecule has 96 valence electrons. The van der Waals surface area contributed by atoms with Crippen LogP contribution in [0.4, 0.5) is 22.7 Å². The average molecular weight is 259 g/mol. The molecule has 0 amide bonds. The van der Waals surface area contributed by atoms with Gasteiger partial charge in [0.1, 0.15) is 0 Å². The second-order valence-electron chi connectivity index (χ2n) is 3.74. The van der Waals surface area contributed by atoms with Gasteiger partial charge in [-0.2, -0.15) is 0 Å². The maximum absolute atomic E-state index is 10.6. The summed E-state index contributed by atoms with van der Waals surface area (Å²) in [5, 5.41) is 24.1. The number of benzene rings is 2. The molecule has 0 unspecified atom stereocenters. The highest BCUT2D eigenvalue weighted by atomic mass is 16.6. The van der Waals surface area contributed by atoms with Crippen molar-refractivity contribution in [2.45, 2.75) is 0 Å². The first-order valence-corrected chi connectivity index (χ1v) is 5.32. The molecule has 0 radical (unpaired) electrons. The van der Waals surface area contributed by atoms with Gasteiger partial charge in [0.05, 0.1) is 9.85 Å². The van der Waals surface area contributed by atoms with Crippen LogP contribution in [0.25, 0.3) is 0 Å². The molecule has 1 N–H and O–H groups in total. The number of hydrogen-bond acceptors (Lipinski definition) is 5. The number of hydrogen-bond donors (Lipinski definition) is 1. The minimum Gasteiger partial charge on any atom is -0.355 e. The van der Waals surface area contributed by atoms with Crippen molar-refractivity contribution in [3.8, 4) is 0 Å². The van der Waals surface area contributed by atoms with E-state index in [-0.39, 0.29) is 11.4 Å². The third-order valence-electron chi connectivity index (χ3n) is 2.42. The third kappa shape index (κ3) is 3.03. The van der Waals surface area contributed by atoms with Crippen LogP contribution in [0.15, 0.2) is 48.5 Å². The Labute approximate surface area is 107 Å². The second-order valence-corrected chi connectivity index (χ2v) is 3.74. The molecule has 0 fully saturated rings. The molecular formula is C12H9N3O4. The van der Waals surface area contributed by atoms with E-state index in [4.69, 9.17) is 0 Å². The van der Waals surface area contributed by atoms with Crippen LogP contribution in [0, 0.1) is 20.2 Å². The summed E-state index contributed by atoms with van der Waals surface area (Å²) in [4.78, 5) is 20.2. The highest BCUT2D eigenvalue weighted by Gasteiger charge is 2.07. The number of non-ortho nitro benzene ring substituents is 2. The monoisotopic (exact) mass is 259 g/mol. The molecule has 0 aliphatic rings. The molecule has 19 heavy (non-hydrogen) atoms. The highest BCUT2D eigenvalue weighted by molar-refractivity contribution is 5.63. The lowest BCUT2D eigenvalue weighted by atomic mass is 10.2. The van der Waals surface area contributed by atoms with Crippen molar-refractivity contribution in [3.63, 3.8) is 0 Å². The summed E-state index contributed by atoms with van der Waals surface area (Å²) in [7, 11) is 0. The number of nitrogens with zero attached hydrogens (tertiary/aromatic N) is 2. The first kappa shape index (κ1) is 12.5. The van der Waals surface area contributed by atoms with Crippen LogP contribution in [0.3, 0.4) is 0 Å². The molecule has 0 aliphatic carbocycles. The molecule has 2 aromatic rings. The van der Waals surface area contributed by atoms with Crippen molar-refractivity contribution in [1.29, 1.82) is 0 Å². The highest BCUT2D eigenvalue weighted by Crippen LogP contribution is 2.22. The molecule has 0 saturated heterocycles. The van der Waals surface area contributed by atoms with Gasteiger partial charge < -0.3 is 5.32 Å². The fraction of sp³-hybridized carbons (Fsp3) is 0. The standard InChI is InChI=1S/C12H9N3O4/c16-14(17)11-6-4-9(5-7-11)13-10-2-1-3-12(8-10)15(18)19/h1-8,13H. The zero-order valence-electron chi connectivity index (χ0n) is 9.65. The van der Waals surface area contributed by atoms with Gasteiger partial charge in [0.15, 0.2) is 0 Å². The fourth-order valence-corrected chi connectivity index (χ4v) is 1.53. The third-order valence-corrected chi connectivity index (χ3v) is 2.42. The molecule has 0 aromatic heterocycles. The number of anilines is 2. The Balaban J connectivity index is 2.19.